The van der Waals surface area contributed by atoms with E-state index in [-0.39, 0.29) is 0 Å². The largest absolute Gasteiger partial charge is 0.399 e. The summed E-state index contributed by atoms with van der Waals surface area (Å²) in [6.45, 7) is 3.84. The molecule has 0 saturated carbocycles. The third-order valence-electron chi connectivity index (χ3n) is 2.25. The van der Waals surface area contributed by atoms with Crippen LogP contribution < -0.4 is 10.8 Å². The van der Waals surface area contributed by atoms with E-state index in [2.05, 4.69) is 6.92 Å². The van der Waals surface area contributed by atoms with Crippen LogP contribution in [0.25, 0.3) is 0 Å². The van der Waals surface area contributed by atoms with Gasteiger partial charge in [-0.1, -0.05) is 6.07 Å². The zero-order chi connectivity index (χ0) is 9.26. The quantitative estimate of drug-likeness (QED) is 0.665. The van der Waals surface area contributed by atoms with Crippen LogP contribution in [-0.4, -0.2) is 13.2 Å². The number of nitrogens with two attached hydrogens (primary N) is 1. The maximum Gasteiger partial charge on any atom is 0.0766 e. The van der Waals surface area contributed by atoms with Crippen molar-refractivity contribution in [1.82, 2.24) is 0 Å². The number of rotatable bonds is 1. The molecule has 3 heteroatoms. The number of hydrogen-bond donors (Lipinski definition) is 1. The van der Waals surface area contributed by atoms with Crippen molar-refractivity contribution >= 4 is 11.4 Å². The first kappa shape index (κ1) is 8.38. The van der Waals surface area contributed by atoms with Crippen LogP contribution in [0.1, 0.15) is 12.0 Å². The van der Waals surface area contributed by atoms with Crippen LogP contribution in [0.2, 0.25) is 0 Å². The minimum atomic E-state index is 0.788. The summed E-state index contributed by atoms with van der Waals surface area (Å²) < 4.78 is 0. The number of nitrogen functional groups attached to an aromatic ring is 1. The van der Waals surface area contributed by atoms with Crippen molar-refractivity contribution in [2.75, 3.05) is 23.9 Å². The van der Waals surface area contributed by atoms with Crippen LogP contribution in [0.5, 0.6) is 0 Å². The molecule has 0 unspecified atom stereocenters. The van der Waals surface area contributed by atoms with Crippen LogP contribution in [0.15, 0.2) is 18.2 Å². The van der Waals surface area contributed by atoms with E-state index in [4.69, 9.17) is 10.6 Å². The molecule has 0 atom stereocenters. The van der Waals surface area contributed by atoms with E-state index in [1.165, 1.54) is 5.56 Å². The highest BCUT2D eigenvalue weighted by atomic mass is 16.7. The van der Waals surface area contributed by atoms with Gasteiger partial charge in [0.25, 0.3) is 0 Å². The van der Waals surface area contributed by atoms with E-state index in [0.29, 0.717) is 0 Å². The van der Waals surface area contributed by atoms with Gasteiger partial charge in [0, 0.05) is 12.2 Å². The van der Waals surface area contributed by atoms with Crippen molar-refractivity contribution in [2.24, 2.45) is 0 Å². The minimum Gasteiger partial charge on any atom is -0.399 e. The van der Waals surface area contributed by atoms with Gasteiger partial charge in [0.15, 0.2) is 0 Å². The molecule has 1 heterocycles. The molecule has 2 N–H and O–H groups in total. The van der Waals surface area contributed by atoms with Gasteiger partial charge in [0.05, 0.1) is 12.3 Å². The van der Waals surface area contributed by atoms with Crippen LogP contribution >= 0.6 is 0 Å². The monoisotopic (exact) mass is 178 g/mol. The first-order valence-corrected chi connectivity index (χ1v) is 4.54. The lowest BCUT2D eigenvalue weighted by atomic mass is 10.2. The average Bonchev–Trinajstić information content (AvgIpc) is 2.61. The third kappa shape index (κ3) is 1.60. The molecular formula is C10H14N2O. The maximum atomic E-state index is 5.71. The zero-order valence-electron chi connectivity index (χ0n) is 7.79. The van der Waals surface area contributed by atoms with E-state index < -0.39 is 0 Å². The standard InChI is InChI=1S/C10H14N2O/c1-8-3-4-9(11)7-10(8)12-5-2-6-13-12/h3-4,7H,2,5-6,11H2,1H3. The Labute approximate surface area is 78.1 Å². The Morgan fingerprint density at radius 1 is 1.46 bits per heavy atom. The Balaban J connectivity index is 2.32. The second-order valence-corrected chi connectivity index (χ2v) is 3.33. The molecule has 1 aliphatic rings. The lowest BCUT2D eigenvalue weighted by Gasteiger charge is -2.18. The van der Waals surface area contributed by atoms with Crippen molar-refractivity contribution < 1.29 is 4.84 Å². The molecule has 2 rings (SSSR count). The number of aryl methyl sites for hydroxylation is 1. The SMILES string of the molecule is Cc1ccc(N)cc1N1CCCO1. The molecule has 0 amide bonds. The fraction of sp³-hybridized carbons (Fsp3) is 0.400. The van der Waals surface area contributed by atoms with Gasteiger partial charge in [-0.05, 0) is 31.0 Å². The second-order valence-electron chi connectivity index (χ2n) is 3.33. The van der Waals surface area contributed by atoms with E-state index in [1.54, 1.807) is 0 Å². The second kappa shape index (κ2) is 3.26. The molecule has 13 heavy (non-hydrogen) atoms. The highest BCUT2D eigenvalue weighted by Crippen LogP contribution is 2.25. The molecule has 1 aromatic carbocycles. The first-order chi connectivity index (χ1) is 6.27. The Bertz CT molecular complexity index is 306. The summed E-state index contributed by atoms with van der Waals surface area (Å²) >= 11 is 0. The molecule has 1 aromatic rings. The molecule has 0 radical (unpaired) electrons. The normalized spacial score (nSPS) is 16.5. The van der Waals surface area contributed by atoms with Crippen LogP contribution in [-0.2, 0) is 4.84 Å². The fourth-order valence-corrected chi connectivity index (χ4v) is 1.53. The van der Waals surface area contributed by atoms with Gasteiger partial charge in [-0.2, -0.15) is 0 Å². The highest BCUT2D eigenvalue weighted by molar-refractivity contribution is 5.59. The van der Waals surface area contributed by atoms with E-state index in [0.717, 1.165) is 30.9 Å². The van der Waals surface area contributed by atoms with Gasteiger partial charge >= 0.3 is 0 Å². The van der Waals surface area contributed by atoms with Gasteiger partial charge < -0.3 is 5.73 Å². The van der Waals surface area contributed by atoms with Gasteiger partial charge in [0.1, 0.15) is 0 Å². The number of hydroxylamine groups is 1. The van der Waals surface area contributed by atoms with Crippen molar-refractivity contribution in [3.8, 4) is 0 Å². The summed E-state index contributed by atoms with van der Waals surface area (Å²) in [7, 11) is 0. The minimum absolute atomic E-state index is 0.788. The number of benzene rings is 1. The molecule has 0 bridgehead atoms. The molecule has 0 spiro atoms. The molecule has 1 saturated heterocycles. The lowest BCUT2D eigenvalue weighted by Crippen LogP contribution is -2.17. The van der Waals surface area contributed by atoms with E-state index in [1.807, 2.05) is 23.3 Å². The van der Waals surface area contributed by atoms with Crippen molar-refractivity contribution in [3.63, 3.8) is 0 Å². The maximum absolute atomic E-state index is 5.71. The van der Waals surface area contributed by atoms with Crippen molar-refractivity contribution in [2.45, 2.75) is 13.3 Å². The zero-order valence-corrected chi connectivity index (χ0v) is 7.79. The lowest BCUT2D eigenvalue weighted by molar-refractivity contribution is 0.168. The Morgan fingerprint density at radius 2 is 2.31 bits per heavy atom. The fourth-order valence-electron chi connectivity index (χ4n) is 1.53. The van der Waals surface area contributed by atoms with Crippen LogP contribution in [0.4, 0.5) is 11.4 Å². The third-order valence-corrected chi connectivity index (χ3v) is 2.25. The number of nitrogens with zero attached hydrogens (tertiary/aromatic N) is 1. The summed E-state index contributed by atoms with van der Waals surface area (Å²) in [5.41, 5.74) is 8.80. The summed E-state index contributed by atoms with van der Waals surface area (Å²) in [5.74, 6) is 0. The molecular weight excluding hydrogens is 164 g/mol. The van der Waals surface area contributed by atoms with Crippen LogP contribution in [0, 0.1) is 6.92 Å². The van der Waals surface area contributed by atoms with Crippen LogP contribution in [0.3, 0.4) is 0 Å². The Morgan fingerprint density at radius 3 is 3.00 bits per heavy atom. The Kier molecular flexibility index (Phi) is 2.10. The van der Waals surface area contributed by atoms with Crippen molar-refractivity contribution in [1.29, 1.82) is 0 Å². The summed E-state index contributed by atoms with van der Waals surface area (Å²) in [4.78, 5) is 5.45. The molecule has 70 valence electrons. The molecule has 1 aliphatic heterocycles. The summed E-state index contributed by atoms with van der Waals surface area (Å²) in [5, 5.41) is 1.92. The highest BCUT2D eigenvalue weighted by Gasteiger charge is 2.15. The molecule has 0 aliphatic carbocycles. The van der Waals surface area contributed by atoms with E-state index in [9.17, 15) is 0 Å². The van der Waals surface area contributed by atoms with Gasteiger partial charge in [0.2, 0.25) is 0 Å². The number of hydrogen-bond acceptors (Lipinski definition) is 3. The predicted molar refractivity (Wildman–Crippen MR) is 53.5 cm³/mol. The van der Waals surface area contributed by atoms with Gasteiger partial charge in [-0.3, -0.25) is 9.90 Å². The predicted octanol–water partition coefficient (Wildman–Crippen LogP) is 1.72. The van der Waals surface area contributed by atoms with Gasteiger partial charge in [-0.25, -0.2) is 0 Å². The molecule has 0 aromatic heterocycles. The topological polar surface area (TPSA) is 38.5 Å². The first-order valence-electron chi connectivity index (χ1n) is 4.54. The molecule has 3 nitrogen and oxygen atoms in total. The average molecular weight is 178 g/mol. The summed E-state index contributed by atoms with van der Waals surface area (Å²) in [6.07, 6.45) is 1.09. The van der Waals surface area contributed by atoms with E-state index >= 15 is 0 Å². The Hall–Kier alpha value is -1.22. The van der Waals surface area contributed by atoms with Crippen molar-refractivity contribution in [3.05, 3.63) is 23.8 Å². The molecule has 1 fully saturated rings. The number of anilines is 2. The smallest absolute Gasteiger partial charge is 0.0766 e. The summed E-state index contributed by atoms with van der Waals surface area (Å²) in [6, 6.07) is 5.89. The van der Waals surface area contributed by atoms with Gasteiger partial charge in [-0.15, -0.1) is 0 Å².